The summed E-state index contributed by atoms with van der Waals surface area (Å²) in [6.07, 6.45) is 0. The van der Waals surface area contributed by atoms with Crippen molar-refractivity contribution >= 4 is 12.7 Å². The summed E-state index contributed by atoms with van der Waals surface area (Å²) in [5.74, 6) is 0.629. The summed E-state index contributed by atoms with van der Waals surface area (Å²) in [6, 6.07) is 6.69. The number of benzene rings is 1. The third-order valence-electron chi connectivity index (χ3n) is 2.28. The summed E-state index contributed by atoms with van der Waals surface area (Å²) >= 11 is 0. The highest BCUT2D eigenvalue weighted by atomic mass is 14.0. The molecule has 0 fully saturated rings. The molecule has 1 rings (SSSR count). The molecule has 0 aromatic heterocycles. The summed E-state index contributed by atoms with van der Waals surface area (Å²) in [5.41, 5.74) is 4.15. The molecule has 1 aromatic rings. The van der Waals surface area contributed by atoms with Gasteiger partial charge in [0.1, 0.15) is 7.28 Å². The van der Waals surface area contributed by atoms with Crippen molar-refractivity contribution in [3.8, 4) is 0 Å². The van der Waals surface area contributed by atoms with Crippen molar-refractivity contribution in [2.24, 2.45) is 0 Å². The van der Waals surface area contributed by atoms with E-state index in [1.54, 1.807) is 0 Å². The molecule has 0 aliphatic carbocycles. The van der Waals surface area contributed by atoms with Crippen molar-refractivity contribution in [3.63, 3.8) is 0 Å². The van der Waals surface area contributed by atoms with Crippen LogP contribution in [0.5, 0.6) is 0 Å². The molecule has 0 unspecified atom stereocenters. The smallest absolute Gasteiger partial charge is 0.0872 e. The predicted molar refractivity (Wildman–Crippen MR) is 56.5 cm³/mol. The largest absolute Gasteiger partial charge is 0.148 e. The normalized spacial score (nSPS) is 10.4. The van der Waals surface area contributed by atoms with Gasteiger partial charge in [-0.15, -0.1) is 0 Å². The molecular formula is C11H16B. The number of hydrogen-bond acceptors (Lipinski definition) is 0. The average Bonchev–Trinajstić information content (AvgIpc) is 2.05. The molecule has 0 bridgehead atoms. The van der Waals surface area contributed by atoms with Crippen LogP contribution in [-0.4, -0.2) is 7.28 Å². The Balaban J connectivity index is 3.05. The molecule has 0 heterocycles. The van der Waals surface area contributed by atoms with E-state index in [-0.39, 0.29) is 0 Å². The monoisotopic (exact) mass is 159 g/mol. The highest BCUT2D eigenvalue weighted by molar-refractivity contribution is 6.52. The quantitative estimate of drug-likeness (QED) is 0.581. The third-order valence-corrected chi connectivity index (χ3v) is 2.28. The molecule has 0 saturated heterocycles. The van der Waals surface area contributed by atoms with Crippen LogP contribution in [0.4, 0.5) is 0 Å². The van der Waals surface area contributed by atoms with E-state index in [1.807, 2.05) is 0 Å². The zero-order valence-corrected chi connectivity index (χ0v) is 8.39. The molecule has 0 atom stereocenters. The topological polar surface area (TPSA) is 0 Å². The Labute approximate surface area is 76.2 Å². The van der Waals surface area contributed by atoms with E-state index in [4.69, 9.17) is 0 Å². The fourth-order valence-electron chi connectivity index (χ4n) is 1.33. The van der Waals surface area contributed by atoms with Crippen LogP contribution < -0.4 is 5.46 Å². The number of rotatable bonds is 2. The number of aryl methyl sites for hydroxylation is 1. The average molecular weight is 159 g/mol. The van der Waals surface area contributed by atoms with Gasteiger partial charge in [0.15, 0.2) is 0 Å². The standard InChI is InChI=1S/C11H16B/c1-8(2)10-6-5-9(3)11(7-10)12-4/h5-8H,1-4H3. The lowest BCUT2D eigenvalue weighted by molar-refractivity contribution is 0.867. The van der Waals surface area contributed by atoms with Crippen molar-refractivity contribution in [1.82, 2.24) is 0 Å². The SMILES string of the molecule is C[B]c1cc(C(C)C)ccc1C. The van der Waals surface area contributed by atoms with Crippen LogP contribution in [0.25, 0.3) is 0 Å². The second kappa shape index (κ2) is 3.80. The Hall–Kier alpha value is -0.715. The molecule has 1 radical (unpaired) electrons. The second-order valence-corrected chi connectivity index (χ2v) is 3.56. The maximum Gasteiger partial charge on any atom is 0.148 e. The molecular weight excluding hydrogens is 143 g/mol. The van der Waals surface area contributed by atoms with Crippen molar-refractivity contribution in [3.05, 3.63) is 29.3 Å². The Morgan fingerprint density at radius 3 is 2.42 bits per heavy atom. The lowest BCUT2D eigenvalue weighted by Crippen LogP contribution is -2.15. The maximum absolute atomic E-state index is 2.28. The first-order chi connectivity index (χ1) is 5.65. The minimum atomic E-state index is 0.629. The summed E-state index contributed by atoms with van der Waals surface area (Å²) in [7, 11) is 2.17. The summed E-state index contributed by atoms with van der Waals surface area (Å²) in [6.45, 7) is 8.69. The van der Waals surface area contributed by atoms with Crippen molar-refractivity contribution in [2.75, 3.05) is 0 Å². The van der Waals surface area contributed by atoms with Crippen LogP contribution in [0.2, 0.25) is 6.82 Å². The van der Waals surface area contributed by atoms with Crippen LogP contribution >= 0.6 is 0 Å². The summed E-state index contributed by atoms with van der Waals surface area (Å²) in [4.78, 5) is 0. The van der Waals surface area contributed by atoms with Gasteiger partial charge in [-0.3, -0.25) is 0 Å². The van der Waals surface area contributed by atoms with E-state index in [9.17, 15) is 0 Å². The van der Waals surface area contributed by atoms with Gasteiger partial charge >= 0.3 is 0 Å². The van der Waals surface area contributed by atoms with Crippen LogP contribution in [-0.2, 0) is 0 Å². The van der Waals surface area contributed by atoms with E-state index in [0.717, 1.165) is 0 Å². The fourth-order valence-corrected chi connectivity index (χ4v) is 1.33. The van der Waals surface area contributed by atoms with Crippen molar-refractivity contribution in [2.45, 2.75) is 33.5 Å². The number of hydrogen-bond donors (Lipinski definition) is 0. The first-order valence-electron chi connectivity index (χ1n) is 4.55. The molecule has 12 heavy (non-hydrogen) atoms. The fraction of sp³-hybridized carbons (Fsp3) is 0.455. The predicted octanol–water partition coefficient (Wildman–Crippen LogP) is 2.50. The van der Waals surface area contributed by atoms with Gasteiger partial charge in [-0.25, -0.2) is 0 Å². The summed E-state index contributed by atoms with van der Waals surface area (Å²) in [5, 5.41) is 0. The molecule has 0 amide bonds. The highest BCUT2D eigenvalue weighted by Crippen LogP contribution is 2.12. The van der Waals surface area contributed by atoms with Gasteiger partial charge < -0.3 is 0 Å². The molecule has 63 valence electrons. The van der Waals surface area contributed by atoms with E-state index in [2.05, 4.69) is 53.1 Å². The van der Waals surface area contributed by atoms with Crippen LogP contribution in [0.15, 0.2) is 18.2 Å². The first kappa shape index (κ1) is 9.37. The second-order valence-electron chi connectivity index (χ2n) is 3.56. The molecule has 1 heteroatoms. The van der Waals surface area contributed by atoms with Gasteiger partial charge in [0.05, 0.1) is 0 Å². The van der Waals surface area contributed by atoms with Gasteiger partial charge in [-0.05, 0) is 18.4 Å². The van der Waals surface area contributed by atoms with E-state index in [1.165, 1.54) is 16.6 Å². The zero-order valence-electron chi connectivity index (χ0n) is 8.39. The van der Waals surface area contributed by atoms with Gasteiger partial charge in [0.25, 0.3) is 0 Å². The molecule has 0 spiro atoms. The van der Waals surface area contributed by atoms with Crippen LogP contribution in [0, 0.1) is 6.92 Å². The highest BCUT2D eigenvalue weighted by Gasteiger charge is 2.01. The van der Waals surface area contributed by atoms with Crippen molar-refractivity contribution in [1.29, 1.82) is 0 Å². The van der Waals surface area contributed by atoms with Gasteiger partial charge in [-0.1, -0.05) is 49.9 Å². The van der Waals surface area contributed by atoms with Crippen LogP contribution in [0.3, 0.4) is 0 Å². The minimum Gasteiger partial charge on any atom is -0.0872 e. The zero-order chi connectivity index (χ0) is 9.14. The first-order valence-corrected chi connectivity index (χ1v) is 4.55. The Bertz CT molecular complexity index is 264. The van der Waals surface area contributed by atoms with Crippen molar-refractivity contribution < 1.29 is 0 Å². The van der Waals surface area contributed by atoms with E-state index in [0.29, 0.717) is 5.92 Å². The lowest BCUT2D eigenvalue weighted by atomic mass is 9.70. The van der Waals surface area contributed by atoms with E-state index < -0.39 is 0 Å². The van der Waals surface area contributed by atoms with Crippen LogP contribution in [0.1, 0.15) is 30.9 Å². The van der Waals surface area contributed by atoms with Gasteiger partial charge in [0, 0.05) is 0 Å². The summed E-state index contributed by atoms with van der Waals surface area (Å²) < 4.78 is 0. The van der Waals surface area contributed by atoms with Gasteiger partial charge in [0.2, 0.25) is 0 Å². The molecule has 0 aliphatic rings. The molecule has 0 N–H and O–H groups in total. The minimum absolute atomic E-state index is 0.629. The Morgan fingerprint density at radius 2 is 1.92 bits per heavy atom. The Kier molecular flexibility index (Phi) is 2.96. The molecule has 0 aliphatic heterocycles. The third kappa shape index (κ3) is 1.91. The molecule has 0 saturated carbocycles. The van der Waals surface area contributed by atoms with Gasteiger partial charge in [-0.2, -0.15) is 0 Å². The van der Waals surface area contributed by atoms with E-state index >= 15 is 0 Å². The Morgan fingerprint density at radius 1 is 1.25 bits per heavy atom. The maximum atomic E-state index is 2.28. The lowest BCUT2D eigenvalue weighted by Gasteiger charge is -2.09. The molecule has 0 nitrogen and oxygen atoms in total. The molecule has 1 aromatic carbocycles.